The van der Waals surface area contributed by atoms with Crippen LogP contribution in [0.25, 0.3) is 16.5 Å². The summed E-state index contributed by atoms with van der Waals surface area (Å²) in [6.45, 7) is 0.0112. The summed E-state index contributed by atoms with van der Waals surface area (Å²) in [5.41, 5.74) is 1.52. The van der Waals surface area contributed by atoms with Crippen molar-refractivity contribution in [2.75, 3.05) is 6.26 Å². The standard InChI is InChI=1S/C23H17ClFNO3S/c1-30-15-7-8-18(25)13(10-15)12-26-19-9-6-14(24)11-17(19)21(22(26)23(28)29)16-4-2-3-5-20(16)27/h2-4,6-11H,5,12H2,1H3,(H,28,29). The summed E-state index contributed by atoms with van der Waals surface area (Å²) in [5, 5.41) is 11.0. The van der Waals surface area contributed by atoms with Crippen LogP contribution in [0.2, 0.25) is 5.02 Å². The summed E-state index contributed by atoms with van der Waals surface area (Å²) in [6.07, 6.45) is 7.16. The van der Waals surface area contributed by atoms with Crippen LogP contribution in [0.4, 0.5) is 4.39 Å². The third-order valence-electron chi connectivity index (χ3n) is 5.08. The predicted molar refractivity (Wildman–Crippen MR) is 118 cm³/mol. The van der Waals surface area contributed by atoms with E-state index in [4.69, 9.17) is 11.6 Å². The van der Waals surface area contributed by atoms with Gasteiger partial charge in [-0.25, -0.2) is 9.18 Å². The van der Waals surface area contributed by atoms with Crippen LogP contribution in [0.15, 0.2) is 59.5 Å². The second-order valence-electron chi connectivity index (χ2n) is 6.87. The SMILES string of the molecule is CSc1ccc(F)c(Cn2c(C(=O)O)c(C3=CC=CCC3=O)c3cc(Cl)ccc32)c1. The van der Waals surface area contributed by atoms with Gasteiger partial charge in [0.1, 0.15) is 11.5 Å². The number of halogens is 2. The lowest BCUT2D eigenvalue weighted by Crippen LogP contribution is -2.14. The quantitative estimate of drug-likeness (QED) is 0.507. The summed E-state index contributed by atoms with van der Waals surface area (Å²) >= 11 is 7.67. The van der Waals surface area contributed by atoms with Crippen molar-refractivity contribution in [1.29, 1.82) is 0 Å². The normalized spacial score (nSPS) is 13.7. The van der Waals surface area contributed by atoms with Gasteiger partial charge in [0.2, 0.25) is 0 Å². The molecule has 1 heterocycles. The Morgan fingerprint density at radius 3 is 2.77 bits per heavy atom. The third-order valence-corrected chi connectivity index (χ3v) is 6.04. The molecule has 0 saturated carbocycles. The highest BCUT2D eigenvalue weighted by Crippen LogP contribution is 2.36. The first-order chi connectivity index (χ1) is 14.4. The zero-order valence-corrected chi connectivity index (χ0v) is 17.6. The number of carbonyl (C=O) groups is 2. The molecule has 2 aromatic carbocycles. The molecule has 0 spiro atoms. The van der Waals surface area contributed by atoms with Gasteiger partial charge < -0.3 is 9.67 Å². The highest BCUT2D eigenvalue weighted by Gasteiger charge is 2.28. The van der Waals surface area contributed by atoms with Crippen molar-refractivity contribution in [3.63, 3.8) is 0 Å². The van der Waals surface area contributed by atoms with Crippen molar-refractivity contribution in [1.82, 2.24) is 4.57 Å². The minimum absolute atomic E-state index is 0.0112. The number of benzene rings is 2. The fraction of sp³-hybridized carbons (Fsp3) is 0.130. The molecule has 0 atom stereocenters. The average Bonchev–Trinajstić information content (AvgIpc) is 3.03. The number of allylic oxidation sites excluding steroid dienone is 4. The first-order valence-corrected chi connectivity index (χ1v) is 10.8. The number of hydrogen-bond donors (Lipinski definition) is 1. The van der Waals surface area contributed by atoms with E-state index in [1.807, 2.05) is 6.26 Å². The van der Waals surface area contributed by atoms with Crippen LogP contribution in [0.1, 0.15) is 28.0 Å². The molecule has 4 rings (SSSR count). The van der Waals surface area contributed by atoms with E-state index in [0.29, 0.717) is 32.6 Å². The van der Waals surface area contributed by atoms with Gasteiger partial charge >= 0.3 is 5.97 Å². The molecule has 0 saturated heterocycles. The summed E-state index contributed by atoms with van der Waals surface area (Å²) in [7, 11) is 0. The smallest absolute Gasteiger partial charge is 0.353 e. The molecule has 1 aliphatic carbocycles. The van der Waals surface area contributed by atoms with Gasteiger partial charge in [0, 0.05) is 43.9 Å². The van der Waals surface area contributed by atoms with Crippen molar-refractivity contribution in [2.24, 2.45) is 0 Å². The van der Waals surface area contributed by atoms with Crippen LogP contribution < -0.4 is 0 Å². The van der Waals surface area contributed by atoms with E-state index in [0.717, 1.165) is 4.90 Å². The number of hydrogen-bond acceptors (Lipinski definition) is 3. The molecule has 0 bridgehead atoms. The molecule has 1 aliphatic rings. The van der Waals surface area contributed by atoms with Crippen molar-refractivity contribution in [3.8, 4) is 0 Å². The molecule has 0 amide bonds. The lowest BCUT2D eigenvalue weighted by atomic mass is 9.93. The molecular weight excluding hydrogens is 425 g/mol. The van der Waals surface area contributed by atoms with Gasteiger partial charge in [0.05, 0.1) is 6.54 Å². The van der Waals surface area contributed by atoms with Gasteiger partial charge in [-0.3, -0.25) is 4.79 Å². The maximum absolute atomic E-state index is 14.5. The number of carboxylic acid groups (broad SMARTS) is 1. The topological polar surface area (TPSA) is 59.3 Å². The van der Waals surface area contributed by atoms with Gasteiger partial charge in [-0.2, -0.15) is 0 Å². The van der Waals surface area contributed by atoms with Gasteiger partial charge in [0.15, 0.2) is 5.78 Å². The summed E-state index contributed by atoms with van der Waals surface area (Å²) in [4.78, 5) is 25.8. The number of thioether (sulfide) groups is 1. The van der Waals surface area contributed by atoms with E-state index < -0.39 is 11.8 Å². The highest BCUT2D eigenvalue weighted by atomic mass is 35.5. The van der Waals surface area contributed by atoms with Crippen LogP contribution in [0.3, 0.4) is 0 Å². The van der Waals surface area contributed by atoms with Crippen LogP contribution in [0, 0.1) is 5.82 Å². The van der Waals surface area contributed by atoms with E-state index >= 15 is 0 Å². The Balaban J connectivity index is 2.02. The highest BCUT2D eigenvalue weighted by molar-refractivity contribution is 7.98. The minimum atomic E-state index is -1.19. The molecule has 0 fully saturated rings. The number of nitrogens with zero attached hydrogens (tertiary/aromatic N) is 1. The Morgan fingerprint density at radius 1 is 1.27 bits per heavy atom. The molecule has 4 nitrogen and oxygen atoms in total. The Labute approximate surface area is 181 Å². The van der Waals surface area contributed by atoms with Gasteiger partial charge in [-0.15, -0.1) is 11.8 Å². The van der Waals surface area contributed by atoms with Crippen LogP contribution in [0.5, 0.6) is 0 Å². The molecule has 30 heavy (non-hydrogen) atoms. The number of aromatic nitrogens is 1. The molecule has 0 radical (unpaired) electrons. The maximum atomic E-state index is 14.5. The van der Waals surface area contributed by atoms with Crippen molar-refractivity contribution >= 4 is 51.6 Å². The van der Waals surface area contributed by atoms with Gasteiger partial charge in [-0.05, 0) is 42.7 Å². The zero-order valence-electron chi connectivity index (χ0n) is 16.0. The zero-order chi connectivity index (χ0) is 21.4. The predicted octanol–water partition coefficient (Wildman–Crippen LogP) is 5.81. The van der Waals surface area contributed by atoms with Crippen molar-refractivity contribution in [2.45, 2.75) is 17.9 Å². The Bertz CT molecular complexity index is 1260. The summed E-state index contributed by atoms with van der Waals surface area (Å²) in [5.74, 6) is -1.78. The number of Topliss-reactive ketones (excluding diaryl/α,β-unsaturated/α-hetero) is 1. The fourth-order valence-electron chi connectivity index (χ4n) is 3.72. The lowest BCUT2D eigenvalue weighted by Gasteiger charge is -2.12. The maximum Gasteiger partial charge on any atom is 0.353 e. The van der Waals surface area contributed by atoms with Gasteiger partial charge in [-0.1, -0.05) is 29.8 Å². The number of aromatic carboxylic acids is 1. The Kier molecular flexibility index (Phi) is 5.54. The van der Waals surface area contributed by atoms with E-state index in [-0.39, 0.29) is 24.4 Å². The fourth-order valence-corrected chi connectivity index (χ4v) is 4.36. The molecule has 7 heteroatoms. The third kappa shape index (κ3) is 3.57. The van der Waals surface area contributed by atoms with E-state index in [2.05, 4.69) is 0 Å². The average molecular weight is 442 g/mol. The Hall–Kier alpha value is -2.83. The second-order valence-corrected chi connectivity index (χ2v) is 8.19. The number of fused-ring (bicyclic) bond motifs is 1. The van der Waals surface area contributed by atoms with Crippen LogP contribution in [-0.2, 0) is 11.3 Å². The van der Waals surface area contributed by atoms with E-state index in [1.165, 1.54) is 22.4 Å². The molecule has 0 unspecified atom stereocenters. The monoisotopic (exact) mass is 441 g/mol. The minimum Gasteiger partial charge on any atom is -0.477 e. The van der Waals surface area contributed by atoms with Crippen LogP contribution in [-0.4, -0.2) is 27.7 Å². The number of carbonyl (C=O) groups excluding carboxylic acids is 1. The second kappa shape index (κ2) is 8.13. The van der Waals surface area contributed by atoms with Crippen molar-refractivity contribution in [3.05, 3.63) is 82.3 Å². The first kappa shape index (κ1) is 20.4. The van der Waals surface area contributed by atoms with Gasteiger partial charge in [0.25, 0.3) is 0 Å². The van der Waals surface area contributed by atoms with Crippen LogP contribution >= 0.6 is 23.4 Å². The molecular formula is C23H17ClFNO3S. The first-order valence-electron chi connectivity index (χ1n) is 9.18. The molecule has 1 aromatic heterocycles. The molecule has 1 N–H and O–H groups in total. The summed E-state index contributed by atoms with van der Waals surface area (Å²) in [6, 6.07) is 9.77. The van der Waals surface area contributed by atoms with E-state index in [1.54, 1.807) is 48.6 Å². The molecule has 0 aliphatic heterocycles. The molecule has 152 valence electrons. The summed E-state index contributed by atoms with van der Waals surface area (Å²) < 4.78 is 16.1. The number of ketones is 1. The number of rotatable bonds is 5. The largest absolute Gasteiger partial charge is 0.477 e. The lowest BCUT2D eigenvalue weighted by molar-refractivity contribution is -0.113. The van der Waals surface area contributed by atoms with E-state index in [9.17, 15) is 19.1 Å². The number of carboxylic acids is 1. The Morgan fingerprint density at radius 2 is 2.07 bits per heavy atom. The van der Waals surface area contributed by atoms with Crippen molar-refractivity contribution < 1.29 is 19.1 Å². The molecule has 3 aromatic rings.